The van der Waals surface area contributed by atoms with Gasteiger partial charge < -0.3 is 10.4 Å². The van der Waals surface area contributed by atoms with Gasteiger partial charge in [0.15, 0.2) is 5.11 Å². The summed E-state index contributed by atoms with van der Waals surface area (Å²) in [5, 5.41) is 16.7. The first kappa shape index (κ1) is 20.3. The molecule has 0 unspecified atom stereocenters. The Kier molecular flexibility index (Phi) is 6.70. The highest BCUT2D eigenvalue weighted by atomic mass is 79.9. The predicted molar refractivity (Wildman–Crippen MR) is 110 cm³/mol. The van der Waals surface area contributed by atoms with E-state index in [0.717, 1.165) is 8.78 Å². The van der Waals surface area contributed by atoms with Gasteiger partial charge in [-0.1, -0.05) is 22.0 Å². The van der Waals surface area contributed by atoms with Gasteiger partial charge in [0.2, 0.25) is 10.0 Å². The van der Waals surface area contributed by atoms with Gasteiger partial charge in [0.05, 0.1) is 11.1 Å². The summed E-state index contributed by atoms with van der Waals surface area (Å²) in [4.78, 5) is 0.151. The van der Waals surface area contributed by atoms with Crippen molar-refractivity contribution in [2.75, 3.05) is 19.4 Å². The van der Waals surface area contributed by atoms with E-state index < -0.39 is 10.0 Å². The molecule has 0 saturated carbocycles. The lowest BCUT2D eigenvalue weighted by Gasteiger charge is -2.13. The quantitative estimate of drug-likeness (QED) is 0.363. The van der Waals surface area contributed by atoms with Crippen molar-refractivity contribution in [3.8, 4) is 5.75 Å². The molecule has 0 aliphatic carbocycles. The second kappa shape index (κ2) is 8.58. The summed E-state index contributed by atoms with van der Waals surface area (Å²) in [6.07, 6.45) is 1.42. The third-order valence-corrected chi connectivity index (χ3v) is 5.73. The first-order chi connectivity index (χ1) is 12.2. The number of thiocarbonyl (C=S) groups is 1. The molecule has 0 bridgehead atoms. The molecule has 2 aromatic carbocycles. The molecule has 0 atom stereocenters. The zero-order chi connectivity index (χ0) is 19.3. The zero-order valence-corrected chi connectivity index (χ0v) is 17.2. The molecule has 7 nitrogen and oxygen atoms in total. The Morgan fingerprint density at radius 3 is 2.69 bits per heavy atom. The summed E-state index contributed by atoms with van der Waals surface area (Å²) in [6, 6.07) is 11.2. The van der Waals surface area contributed by atoms with E-state index in [2.05, 4.69) is 31.8 Å². The number of benzene rings is 2. The molecule has 0 aliphatic rings. The predicted octanol–water partition coefficient (Wildman–Crippen LogP) is 2.73. The van der Waals surface area contributed by atoms with Crippen molar-refractivity contribution in [2.24, 2.45) is 5.10 Å². The summed E-state index contributed by atoms with van der Waals surface area (Å²) in [6.45, 7) is 0. The lowest BCUT2D eigenvalue weighted by Crippen LogP contribution is -2.25. The SMILES string of the molecule is CN(C)S(=O)(=O)c1cccc(NC(=S)NN=Cc2cc(Br)ccc2O)c1. The van der Waals surface area contributed by atoms with Crippen LogP contribution in [0.4, 0.5) is 5.69 Å². The lowest BCUT2D eigenvalue weighted by atomic mass is 10.2. The maximum atomic E-state index is 12.2. The van der Waals surface area contributed by atoms with Gasteiger partial charge in [-0.05, 0) is 48.6 Å². The van der Waals surface area contributed by atoms with E-state index in [4.69, 9.17) is 12.2 Å². The van der Waals surface area contributed by atoms with Gasteiger partial charge >= 0.3 is 0 Å². The normalized spacial score (nSPS) is 11.7. The van der Waals surface area contributed by atoms with E-state index in [-0.39, 0.29) is 15.8 Å². The van der Waals surface area contributed by atoms with E-state index in [1.165, 1.54) is 32.4 Å². The van der Waals surface area contributed by atoms with Crippen LogP contribution in [0.1, 0.15) is 5.56 Å². The fourth-order valence-electron chi connectivity index (χ4n) is 1.89. The molecule has 2 aromatic rings. The van der Waals surface area contributed by atoms with E-state index in [9.17, 15) is 13.5 Å². The van der Waals surface area contributed by atoms with Gasteiger partial charge in [-0.3, -0.25) is 5.43 Å². The van der Waals surface area contributed by atoms with Gasteiger partial charge in [-0.2, -0.15) is 5.10 Å². The molecule has 0 heterocycles. The minimum absolute atomic E-state index is 0.0826. The molecule has 2 rings (SSSR count). The van der Waals surface area contributed by atoms with Gasteiger partial charge in [-0.15, -0.1) is 0 Å². The van der Waals surface area contributed by atoms with Crippen LogP contribution < -0.4 is 10.7 Å². The first-order valence-electron chi connectivity index (χ1n) is 7.31. The fourth-order valence-corrected chi connectivity index (χ4v) is 3.39. The molecule has 10 heteroatoms. The molecule has 0 amide bonds. The van der Waals surface area contributed by atoms with Crippen molar-refractivity contribution in [3.05, 3.63) is 52.5 Å². The maximum Gasteiger partial charge on any atom is 0.242 e. The number of phenols is 1. The van der Waals surface area contributed by atoms with Crippen molar-refractivity contribution >= 4 is 55.2 Å². The summed E-state index contributed by atoms with van der Waals surface area (Å²) in [7, 11) is -0.597. The number of anilines is 1. The largest absolute Gasteiger partial charge is 0.507 e. The fraction of sp³-hybridized carbons (Fsp3) is 0.125. The number of halogens is 1. The number of rotatable bonds is 5. The van der Waals surface area contributed by atoms with E-state index in [1.807, 2.05) is 0 Å². The van der Waals surface area contributed by atoms with Crippen molar-refractivity contribution in [2.45, 2.75) is 4.90 Å². The molecular weight excluding hydrogens is 440 g/mol. The molecule has 0 spiro atoms. The Bertz CT molecular complexity index is 946. The highest BCUT2D eigenvalue weighted by Crippen LogP contribution is 2.20. The van der Waals surface area contributed by atoms with E-state index >= 15 is 0 Å². The van der Waals surface area contributed by atoms with Crippen molar-refractivity contribution in [3.63, 3.8) is 0 Å². The number of hydrogen-bond acceptors (Lipinski definition) is 5. The van der Waals surface area contributed by atoms with Gasteiger partial charge in [-0.25, -0.2) is 12.7 Å². The summed E-state index contributed by atoms with van der Waals surface area (Å²) >= 11 is 8.44. The number of hydrogen-bond donors (Lipinski definition) is 3. The highest BCUT2D eigenvalue weighted by Gasteiger charge is 2.17. The molecule has 26 heavy (non-hydrogen) atoms. The van der Waals surface area contributed by atoms with Crippen LogP contribution in [0.3, 0.4) is 0 Å². The van der Waals surface area contributed by atoms with Crippen LogP contribution in [0.15, 0.2) is 56.9 Å². The number of nitrogens with zero attached hydrogens (tertiary/aromatic N) is 2. The minimum atomic E-state index is -3.53. The van der Waals surface area contributed by atoms with Crippen LogP contribution >= 0.6 is 28.1 Å². The molecule has 0 fully saturated rings. The lowest BCUT2D eigenvalue weighted by molar-refractivity contribution is 0.474. The Morgan fingerprint density at radius 1 is 1.27 bits per heavy atom. The van der Waals surface area contributed by atoms with Gasteiger partial charge in [0, 0.05) is 29.8 Å². The second-order valence-electron chi connectivity index (χ2n) is 5.34. The molecule has 0 saturated heterocycles. The summed E-state index contributed by atoms with van der Waals surface area (Å²) in [5.74, 6) is 0.0826. The Labute approximate surface area is 165 Å². The van der Waals surface area contributed by atoms with E-state index in [1.54, 1.807) is 30.3 Å². The average Bonchev–Trinajstić information content (AvgIpc) is 2.58. The minimum Gasteiger partial charge on any atom is -0.507 e. The van der Waals surface area contributed by atoms with Crippen molar-refractivity contribution in [1.82, 2.24) is 9.73 Å². The topological polar surface area (TPSA) is 94.0 Å². The Balaban J connectivity index is 2.04. The Morgan fingerprint density at radius 2 is 2.00 bits per heavy atom. The van der Waals surface area contributed by atoms with E-state index in [0.29, 0.717) is 11.3 Å². The average molecular weight is 457 g/mol. The van der Waals surface area contributed by atoms with Gasteiger partial charge in [0.1, 0.15) is 5.75 Å². The highest BCUT2D eigenvalue weighted by molar-refractivity contribution is 9.10. The number of phenolic OH excluding ortho intramolecular Hbond substituents is 1. The molecule has 0 aliphatic heterocycles. The Hall–Kier alpha value is -2.01. The maximum absolute atomic E-state index is 12.2. The zero-order valence-electron chi connectivity index (χ0n) is 14.0. The monoisotopic (exact) mass is 456 g/mol. The standard InChI is InChI=1S/C16H17BrN4O3S2/c1-21(2)26(23,24)14-5-3-4-13(9-14)19-16(25)20-18-10-11-8-12(17)6-7-15(11)22/h3-10,22H,1-2H3,(H2,19,20,25). The molecule has 0 aromatic heterocycles. The summed E-state index contributed by atoms with van der Waals surface area (Å²) < 4.78 is 26.3. The smallest absolute Gasteiger partial charge is 0.242 e. The first-order valence-corrected chi connectivity index (χ1v) is 9.95. The number of hydrazone groups is 1. The molecule has 138 valence electrons. The van der Waals surface area contributed by atoms with Crippen LogP contribution in [-0.2, 0) is 10.0 Å². The number of aromatic hydroxyl groups is 1. The number of nitrogens with one attached hydrogen (secondary N) is 2. The third kappa shape index (κ3) is 5.24. The third-order valence-electron chi connectivity index (χ3n) is 3.23. The van der Waals surface area contributed by atoms with Crippen LogP contribution in [0, 0.1) is 0 Å². The van der Waals surface area contributed by atoms with Crippen molar-refractivity contribution in [1.29, 1.82) is 0 Å². The summed E-state index contributed by atoms with van der Waals surface area (Å²) in [5.41, 5.74) is 3.62. The van der Waals surface area contributed by atoms with Gasteiger partial charge in [0.25, 0.3) is 0 Å². The van der Waals surface area contributed by atoms with Crippen molar-refractivity contribution < 1.29 is 13.5 Å². The molecule has 0 radical (unpaired) electrons. The van der Waals surface area contributed by atoms with Crippen LogP contribution in [-0.4, -0.2) is 43.3 Å². The van der Waals surface area contributed by atoms with Crippen LogP contribution in [0.5, 0.6) is 5.75 Å². The molecule has 3 N–H and O–H groups in total. The van der Waals surface area contributed by atoms with Crippen LogP contribution in [0.25, 0.3) is 0 Å². The second-order valence-corrected chi connectivity index (χ2v) is 8.82. The molecular formula is C16H17BrN4O3S2. The number of sulfonamides is 1. The van der Waals surface area contributed by atoms with Crippen LogP contribution in [0.2, 0.25) is 0 Å².